The van der Waals surface area contributed by atoms with Crippen LogP contribution in [-0.4, -0.2) is 25.7 Å². The normalized spacial score (nSPS) is 12.0. The molecule has 0 heterocycles. The van der Waals surface area contributed by atoms with E-state index in [1.807, 2.05) is 7.05 Å². The smallest absolute Gasteiger partial charge is 0.0246 e. The van der Waals surface area contributed by atoms with Gasteiger partial charge in [-0.3, -0.25) is 0 Å². The second-order valence-corrected chi connectivity index (χ2v) is 2.91. The third-order valence-corrected chi connectivity index (χ3v) is 1.49. The van der Waals surface area contributed by atoms with Crippen molar-refractivity contribution in [2.24, 2.45) is 0 Å². The van der Waals surface area contributed by atoms with Crippen LogP contribution < -0.4 is 10.6 Å². The van der Waals surface area contributed by atoms with Gasteiger partial charge in [0.2, 0.25) is 0 Å². The number of hydrogen-bond donors (Lipinski definition) is 2. The Morgan fingerprint density at radius 3 is 2.22 bits per heavy atom. The SMILES string of the molecule is CCNCC(C)(C)NC. The minimum Gasteiger partial charge on any atom is -0.315 e. The number of hydrogen-bond acceptors (Lipinski definition) is 2. The summed E-state index contributed by atoms with van der Waals surface area (Å²) in [6.07, 6.45) is 0. The first-order valence-corrected chi connectivity index (χ1v) is 3.52. The van der Waals surface area contributed by atoms with Crippen LogP contribution in [0.5, 0.6) is 0 Å². The summed E-state index contributed by atoms with van der Waals surface area (Å²) >= 11 is 0. The lowest BCUT2D eigenvalue weighted by atomic mass is 10.1. The number of nitrogens with one attached hydrogen (secondary N) is 2. The van der Waals surface area contributed by atoms with Crippen LogP contribution in [0.2, 0.25) is 0 Å². The average Bonchev–Trinajstić information content (AvgIpc) is 1.84. The van der Waals surface area contributed by atoms with Gasteiger partial charge in [-0.25, -0.2) is 0 Å². The van der Waals surface area contributed by atoms with Crippen molar-refractivity contribution in [1.29, 1.82) is 0 Å². The topological polar surface area (TPSA) is 24.1 Å². The van der Waals surface area contributed by atoms with E-state index < -0.39 is 0 Å². The number of likely N-dealkylation sites (N-methyl/N-ethyl adjacent to an activating group) is 2. The van der Waals surface area contributed by atoms with Gasteiger partial charge >= 0.3 is 0 Å². The van der Waals surface area contributed by atoms with Crippen LogP contribution in [0.3, 0.4) is 0 Å². The van der Waals surface area contributed by atoms with Gasteiger partial charge in [0.05, 0.1) is 0 Å². The maximum absolute atomic E-state index is 3.28. The molecule has 0 fully saturated rings. The van der Waals surface area contributed by atoms with Crippen molar-refractivity contribution < 1.29 is 0 Å². The molecule has 2 nitrogen and oxygen atoms in total. The quantitative estimate of drug-likeness (QED) is 0.582. The Morgan fingerprint density at radius 1 is 1.33 bits per heavy atom. The van der Waals surface area contributed by atoms with E-state index in [9.17, 15) is 0 Å². The molecule has 0 saturated carbocycles. The Bertz CT molecular complexity index is 69.3. The lowest BCUT2D eigenvalue weighted by Gasteiger charge is -2.23. The fraction of sp³-hybridized carbons (Fsp3) is 1.00. The zero-order chi connectivity index (χ0) is 7.33. The zero-order valence-corrected chi connectivity index (χ0v) is 6.91. The summed E-state index contributed by atoms with van der Waals surface area (Å²) < 4.78 is 0. The number of rotatable bonds is 4. The molecular formula is C7H18N2. The Kier molecular flexibility index (Phi) is 3.82. The van der Waals surface area contributed by atoms with Crippen LogP contribution in [0.25, 0.3) is 0 Å². The minimum atomic E-state index is 0.232. The summed E-state index contributed by atoms with van der Waals surface area (Å²) in [4.78, 5) is 0. The molecular weight excluding hydrogens is 112 g/mol. The Morgan fingerprint density at radius 2 is 1.89 bits per heavy atom. The molecule has 0 aromatic carbocycles. The van der Waals surface area contributed by atoms with Crippen LogP contribution in [0.4, 0.5) is 0 Å². The highest BCUT2D eigenvalue weighted by atomic mass is 15.0. The predicted octanol–water partition coefficient (Wildman–Crippen LogP) is 0.594. The Hall–Kier alpha value is -0.0800. The van der Waals surface area contributed by atoms with Gasteiger partial charge in [-0.2, -0.15) is 0 Å². The molecule has 0 atom stereocenters. The van der Waals surface area contributed by atoms with Gasteiger partial charge in [-0.15, -0.1) is 0 Å². The molecule has 0 amide bonds. The highest BCUT2D eigenvalue weighted by molar-refractivity contribution is 4.77. The maximum atomic E-state index is 3.28. The Labute approximate surface area is 58.0 Å². The van der Waals surface area contributed by atoms with Crippen LogP contribution in [0.1, 0.15) is 20.8 Å². The lowest BCUT2D eigenvalue weighted by molar-refractivity contribution is 0.398. The summed E-state index contributed by atoms with van der Waals surface area (Å²) in [6.45, 7) is 8.54. The van der Waals surface area contributed by atoms with Gasteiger partial charge in [0.15, 0.2) is 0 Å². The fourth-order valence-corrected chi connectivity index (χ4v) is 0.526. The molecule has 0 aromatic heterocycles. The molecule has 0 aliphatic carbocycles. The maximum Gasteiger partial charge on any atom is 0.0246 e. The third kappa shape index (κ3) is 4.43. The van der Waals surface area contributed by atoms with Crippen molar-refractivity contribution in [2.75, 3.05) is 20.1 Å². The van der Waals surface area contributed by atoms with E-state index >= 15 is 0 Å². The molecule has 0 rings (SSSR count). The van der Waals surface area contributed by atoms with Crippen LogP contribution in [-0.2, 0) is 0 Å². The summed E-state index contributed by atoms with van der Waals surface area (Å²) in [6, 6.07) is 0. The van der Waals surface area contributed by atoms with Crippen molar-refractivity contribution in [1.82, 2.24) is 10.6 Å². The fourth-order valence-electron chi connectivity index (χ4n) is 0.526. The van der Waals surface area contributed by atoms with Gasteiger partial charge in [0, 0.05) is 12.1 Å². The van der Waals surface area contributed by atoms with E-state index in [1.165, 1.54) is 0 Å². The molecule has 0 saturated heterocycles. The second kappa shape index (κ2) is 3.85. The molecule has 2 heteroatoms. The summed E-state index contributed by atoms with van der Waals surface area (Å²) in [5, 5.41) is 6.49. The highest BCUT2D eigenvalue weighted by Crippen LogP contribution is 1.96. The van der Waals surface area contributed by atoms with Crippen molar-refractivity contribution >= 4 is 0 Å². The van der Waals surface area contributed by atoms with Crippen LogP contribution in [0.15, 0.2) is 0 Å². The highest BCUT2D eigenvalue weighted by Gasteiger charge is 2.11. The van der Waals surface area contributed by atoms with E-state index in [0.717, 1.165) is 13.1 Å². The van der Waals surface area contributed by atoms with Crippen LogP contribution >= 0.6 is 0 Å². The first-order chi connectivity index (χ1) is 4.12. The van der Waals surface area contributed by atoms with Gasteiger partial charge < -0.3 is 10.6 Å². The molecule has 0 spiro atoms. The van der Waals surface area contributed by atoms with Gasteiger partial charge in [0.25, 0.3) is 0 Å². The summed E-state index contributed by atoms with van der Waals surface area (Å²) in [5.74, 6) is 0. The van der Waals surface area contributed by atoms with E-state index in [1.54, 1.807) is 0 Å². The van der Waals surface area contributed by atoms with Crippen molar-refractivity contribution in [3.05, 3.63) is 0 Å². The summed E-state index contributed by atoms with van der Waals surface area (Å²) in [5.41, 5.74) is 0.232. The molecule has 0 unspecified atom stereocenters. The molecule has 2 N–H and O–H groups in total. The van der Waals surface area contributed by atoms with Crippen LogP contribution in [0, 0.1) is 0 Å². The van der Waals surface area contributed by atoms with E-state index in [0.29, 0.717) is 0 Å². The molecule has 0 aliphatic rings. The van der Waals surface area contributed by atoms with Gasteiger partial charge in [-0.1, -0.05) is 6.92 Å². The van der Waals surface area contributed by atoms with Crippen molar-refractivity contribution in [3.8, 4) is 0 Å². The second-order valence-electron chi connectivity index (χ2n) is 2.91. The first-order valence-electron chi connectivity index (χ1n) is 3.52. The largest absolute Gasteiger partial charge is 0.315 e. The zero-order valence-electron chi connectivity index (χ0n) is 6.91. The van der Waals surface area contributed by atoms with Gasteiger partial charge in [-0.05, 0) is 27.4 Å². The molecule has 0 aromatic rings. The molecule has 9 heavy (non-hydrogen) atoms. The molecule has 0 radical (unpaired) electrons. The average molecular weight is 130 g/mol. The first kappa shape index (κ1) is 8.92. The van der Waals surface area contributed by atoms with E-state index in [4.69, 9.17) is 0 Å². The molecule has 0 bridgehead atoms. The minimum absolute atomic E-state index is 0.232. The molecule has 56 valence electrons. The monoisotopic (exact) mass is 130 g/mol. The lowest BCUT2D eigenvalue weighted by Crippen LogP contribution is -2.45. The predicted molar refractivity (Wildman–Crippen MR) is 41.7 cm³/mol. The standard InChI is InChI=1S/C7H18N2/c1-5-9-6-7(2,3)8-4/h8-9H,5-6H2,1-4H3. The van der Waals surface area contributed by atoms with E-state index in [-0.39, 0.29) is 5.54 Å². The Balaban J connectivity index is 3.33. The van der Waals surface area contributed by atoms with Crippen molar-refractivity contribution in [2.45, 2.75) is 26.3 Å². The van der Waals surface area contributed by atoms with Crippen molar-refractivity contribution in [3.63, 3.8) is 0 Å². The van der Waals surface area contributed by atoms with E-state index in [2.05, 4.69) is 31.4 Å². The third-order valence-electron chi connectivity index (χ3n) is 1.49. The van der Waals surface area contributed by atoms with Gasteiger partial charge in [0.1, 0.15) is 0 Å². The summed E-state index contributed by atoms with van der Waals surface area (Å²) in [7, 11) is 1.98. The molecule has 0 aliphatic heterocycles.